The molecule has 0 aliphatic carbocycles. The Morgan fingerprint density at radius 2 is 2.07 bits per heavy atom. The topological polar surface area (TPSA) is 67.9 Å². The Bertz CT molecular complexity index is 868. The second-order valence-corrected chi connectivity index (χ2v) is 7.42. The number of rotatable bonds is 7. The van der Waals surface area contributed by atoms with Gasteiger partial charge in [-0.15, -0.1) is 11.3 Å². The molecule has 1 aromatic heterocycles. The third kappa shape index (κ3) is 4.51. The number of benzene rings is 1. The number of thiophene rings is 1. The van der Waals surface area contributed by atoms with Crippen molar-refractivity contribution >= 4 is 28.2 Å². The predicted molar refractivity (Wildman–Crippen MR) is 105 cm³/mol. The Morgan fingerprint density at radius 3 is 2.79 bits per heavy atom. The molecule has 0 atom stereocenters. The Kier molecular flexibility index (Phi) is 6.64. The van der Waals surface area contributed by atoms with Gasteiger partial charge in [-0.25, -0.2) is 9.18 Å². The van der Waals surface area contributed by atoms with E-state index in [2.05, 4.69) is 17.1 Å². The van der Waals surface area contributed by atoms with Gasteiger partial charge in [-0.2, -0.15) is 0 Å². The number of fused-ring (bicyclic) bond motifs is 1. The van der Waals surface area contributed by atoms with Gasteiger partial charge < -0.3 is 14.8 Å². The molecule has 150 valence electrons. The van der Waals surface area contributed by atoms with Crippen LogP contribution in [0.25, 0.3) is 0 Å². The minimum absolute atomic E-state index is 0.00679. The minimum Gasteiger partial charge on any atom is -0.481 e. The standard InChI is InChI=1S/C20H23FN2O4S/c1-3-23-10-9-13-16(11-23)28-19(18(13)20(25)26-4-2)22-17(24)12-27-15-8-6-5-7-14(15)21/h5-8H,3-4,9-12H2,1-2H3,(H,22,24). The van der Waals surface area contributed by atoms with Gasteiger partial charge in [0.15, 0.2) is 18.2 Å². The summed E-state index contributed by atoms with van der Waals surface area (Å²) in [4.78, 5) is 28.2. The first-order chi connectivity index (χ1) is 13.5. The highest BCUT2D eigenvalue weighted by Gasteiger charge is 2.29. The van der Waals surface area contributed by atoms with E-state index < -0.39 is 17.7 Å². The maximum Gasteiger partial charge on any atom is 0.341 e. The van der Waals surface area contributed by atoms with E-state index >= 15 is 0 Å². The number of halogens is 1. The van der Waals surface area contributed by atoms with E-state index in [1.807, 2.05) is 0 Å². The molecular weight excluding hydrogens is 383 g/mol. The highest BCUT2D eigenvalue weighted by Crippen LogP contribution is 2.37. The predicted octanol–water partition coefficient (Wildman–Crippen LogP) is 3.46. The van der Waals surface area contributed by atoms with E-state index in [-0.39, 0.29) is 19.0 Å². The second-order valence-electron chi connectivity index (χ2n) is 6.31. The second kappa shape index (κ2) is 9.16. The van der Waals surface area contributed by atoms with Gasteiger partial charge in [0, 0.05) is 18.0 Å². The molecule has 1 amide bonds. The van der Waals surface area contributed by atoms with Crippen molar-refractivity contribution in [1.82, 2.24) is 4.90 Å². The van der Waals surface area contributed by atoms with Crippen molar-refractivity contribution in [2.24, 2.45) is 0 Å². The van der Waals surface area contributed by atoms with Gasteiger partial charge in [0.05, 0.1) is 12.2 Å². The molecule has 0 saturated carbocycles. The molecule has 0 saturated heterocycles. The summed E-state index contributed by atoms with van der Waals surface area (Å²) in [6.07, 6.45) is 0.732. The summed E-state index contributed by atoms with van der Waals surface area (Å²) in [5, 5.41) is 3.20. The first-order valence-electron chi connectivity index (χ1n) is 9.24. The van der Waals surface area contributed by atoms with Gasteiger partial charge in [-0.3, -0.25) is 9.69 Å². The Hall–Kier alpha value is -2.45. The summed E-state index contributed by atoms with van der Waals surface area (Å²) in [7, 11) is 0. The van der Waals surface area contributed by atoms with Gasteiger partial charge in [0.2, 0.25) is 0 Å². The van der Waals surface area contributed by atoms with Crippen molar-refractivity contribution in [1.29, 1.82) is 0 Å². The molecule has 1 aliphatic heterocycles. The van der Waals surface area contributed by atoms with Gasteiger partial charge >= 0.3 is 5.97 Å². The zero-order valence-electron chi connectivity index (χ0n) is 15.9. The molecule has 0 fully saturated rings. The van der Waals surface area contributed by atoms with Crippen LogP contribution < -0.4 is 10.1 Å². The average Bonchev–Trinajstić information content (AvgIpc) is 3.04. The fraction of sp³-hybridized carbons (Fsp3) is 0.400. The quantitative estimate of drug-likeness (QED) is 0.714. The van der Waals surface area contributed by atoms with Crippen LogP contribution in [-0.2, 0) is 22.5 Å². The van der Waals surface area contributed by atoms with E-state index in [9.17, 15) is 14.0 Å². The molecule has 8 heteroatoms. The molecule has 1 aliphatic rings. The average molecular weight is 406 g/mol. The number of para-hydroxylation sites is 1. The number of hydrogen-bond acceptors (Lipinski definition) is 6. The zero-order valence-corrected chi connectivity index (χ0v) is 16.7. The van der Waals surface area contributed by atoms with Gasteiger partial charge in [0.1, 0.15) is 5.00 Å². The Morgan fingerprint density at radius 1 is 1.29 bits per heavy atom. The molecule has 28 heavy (non-hydrogen) atoms. The summed E-state index contributed by atoms with van der Waals surface area (Å²) in [5.74, 6) is -1.42. The highest BCUT2D eigenvalue weighted by molar-refractivity contribution is 7.17. The monoisotopic (exact) mass is 406 g/mol. The summed E-state index contributed by atoms with van der Waals surface area (Å²) in [6.45, 7) is 6.26. The van der Waals surface area contributed by atoms with Crippen molar-refractivity contribution in [2.75, 3.05) is 31.6 Å². The van der Waals surface area contributed by atoms with E-state index in [1.54, 1.807) is 19.1 Å². The number of hydrogen-bond donors (Lipinski definition) is 1. The number of carbonyl (C=O) groups is 2. The number of amides is 1. The number of likely N-dealkylation sites (N-methyl/N-ethyl adjacent to an activating group) is 1. The molecule has 0 unspecified atom stereocenters. The van der Waals surface area contributed by atoms with Crippen molar-refractivity contribution in [3.05, 3.63) is 46.1 Å². The van der Waals surface area contributed by atoms with E-state index in [0.29, 0.717) is 10.6 Å². The maximum absolute atomic E-state index is 13.6. The fourth-order valence-electron chi connectivity index (χ4n) is 3.10. The number of nitrogens with zero attached hydrogens (tertiary/aromatic N) is 1. The zero-order chi connectivity index (χ0) is 20.1. The van der Waals surface area contributed by atoms with E-state index in [1.165, 1.54) is 23.5 Å². The first kappa shape index (κ1) is 20.3. The lowest BCUT2D eigenvalue weighted by Gasteiger charge is -2.25. The molecule has 1 N–H and O–H groups in total. The normalized spacial score (nSPS) is 13.7. The Balaban J connectivity index is 1.76. The van der Waals surface area contributed by atoms with Crippen molar-refractivity contribution < 1.29 is 23.5 Å². The van der Waals surface area contributed by atoms with Crippen LogP contribution in [0.1, 0.15) is 34.6 Å². The first-order valence-corrected chi connectivity index (χ1v) is 10.1. The molecule has 2 aromatic rings. The lowest BCUT2D eigenvalue weighted by Crippen LogP contribution is -2.30. The van der Waals surface area contributed by atoms with Crippen LogP contribution in [0.3, 0.4) is 0 Å². The Labute approximate surface area is 167 Å². The van der Waals surface area contributed by atoms with Crippen molar-refractivity contribution in [3.63, 3.8) is 0 Å². The lowest BCUT2D eigenvalue weighted by atomic mass is 10.0. The molecule has 2 heterocycles. The third-order valence-corrected chi connectivity index (χ3v) is 5.64. The van der Waals surface area contributed by atoms with Gasteiger partial charge in [0.25, 0.3) is 5.91 Å². The number of ether oxygens (including phenoxy) is 2. The summed E-state index contributed by atoms with van der Waals surface area (Å²) in [6, 6.07) is 5.89. The van der Waals surface area contributed by atoms with Gasteiger partial charge in [-0.1, -0.05) is 19.1 Å². The van der Waals surface area contributed by atoms with Crippen LogP contribution in [0.15, 0.2) is 24.3 Å². The number of nitrogens with one attached hydrogen (secondary N) is 1. The minimum atomic E-state index is -0.534. The number of anilines is 1. The van der Waals surface area contributed by atoms with Crippen LogP contribution in [0, 0.1) is 5.82 Å². The smallest absolute Gasteiger partial charge is 0.341 e. The SMILES string of the molecule is CCOC(=O)c1c(NC(=O)COc2ccccc2F)sc2c1CCN(CC)C2. The number of esters is 1. The van der Waals surface area contributed by atoms with Crippen LogP contribution >= 0.6 is 11.3 Å². The van der Waals surface area contributed by atoms with Crippen molar-refractivity contribution in [3.8, 4) is 5.75 Å². The molecule has 3 rings (SSSR count). The van der Waals surface area contributed by atoms with Crippen molar-refractivity contribution in [2.45, 2.75) is 26.8 Å². The molecular formula is C20H23FN2O4S. The largest absolute Gasteiger partial charge is 0.481 e. The third-order valence-electron chi connectivity index (χ3n) is 4.51. The maximum atomic E-state index is 13.6. The highest BCUT2D eigenvalue weighted by atomic mass is 32.1. The van der Waals surface area contributed by atoms with Crippen LogP contribution in [0.4, 0.5) is 9.39 Å². The van der Waals surface area contributed by atoms with Crippen LogP contribution in [-0.4, -0.2) is 43.1 Å². The lowest BCUT2D eigenvalue weighted by molar-refractivity contribution is -0.118. The van der Waals surface area contributed by atoms with Crippen LogP contribution in [0.2, 0.25) is 0 Å². The fourth-order valence-corrected chi connectivity index (χ4v) is 4.40. The summed E-state index contributed by atoms with van der Waals surface area (Å²) >= 11 is 1.38. The summed E-state index contributed by atoms with van der Waals surface area (Å²) in [5.41, 5.74) is 1.37. The molecule has 0 bridgehead atoms. The van der Waals surface area contributed by atoms with Gasteiger partial charge in [-0.05, 0) is 37.6 Å². The number of carbonyl (C=O) groups excluding carboxylic acids is 2. The molecule has 0 radical (unpaired) electrons. The van der Waals surface area contributed by atoms with E-state index in [0.717, 1.165) is 36.5 Å². The molecule has 6 nitrogen and oxygen atoms in total. The van der Waals surface area contributed by atoms with Crippen LogP contribution in [0.5, 0.6) is 5.75 Å². The molecule has 0 spiro atoms. The summed E-state index contributed by atoms with van der Waals surface area (Å²) < 4.78 is 24.1. The molecule has 1 aromatic carbocycles. The van der Waals surface area contributed by atoms with E-state index in [4.69, 9.17) is 9.47 Å².